The van der Waals surface area contributed by atoms with E-state index in [-0.39, 0.29) is 23.3 Å². The molecule has 0 bridgehead atoms. The summed E-state index contributed by atoms with van der Waals surface area (Å²) in [5.74, 6) is 0.00102. The molecule has 3 aliphatic rings. The number of nitrogens with zero attached hydrogens (tertiary/aromatic N) is 1. The van der Waals surface area contributed by atoms with Crippen LogP contribution in [0.2, 0.25) is 0 Å². The Morgan fingerprint density at radius 1 is 1.05 bits per heavy atom. The second kappa shape index (κ2) is 9.56. The minimum atomic E-state index is -0.361. The van der Waals surface area contributed by atoms with E-state index in [2.05, 4.69) is 34.7 Å². The van der Waals surface area contributed by atoms with Gasteiger partial charge in [0.1, 0.15) is 0 Å². The lowest BCUT2D eigenvalue weighted by Gasteiger charge is -2.27. The molecule has 2 unspecified atom stereocenters. The number of piperidine rings is 1. The maximum Gasteiger partial charge on any atom is 0.256 e. The van der Waals surface area contributed by atoms with Crippen molar-refractivity contribution in [1.82, 2.24) is 15.2 Å². The first-order valence-electron chi connectivity index (χ1n) is 13.8. The molecule has 3 amide bonds. The Morgan fingerprint density at radius 3 is 2.46 bits per heavy atom. The van der Waals surface area contributed by atoms with Crippen LogP contribution in [0.5, 0.6) is 0 Å². The van der Waals surface area contributed by atoms with Gasteiger partial charge in [-0.05, 0) is 80.9 Å². The molecule has 3 N–H and O–H groups in total. The van der Waals surface area contributed by atoms with Gasteiger partial charge in [0.05, 0.1) is 16.7 Å². The lowest BCUT2D eigenvalue weighted by Crippen LogP contribution is -2.36. The average molecular weight is 523 g/mol. The number of aryl methyl sites for hydroxylation is 1. The number of nitrogens with one attached hydrogen (secondary N) is 3. The second-order valence-electron chi connectivity index (χ2n) is 11.2. The Labute approximate surface area is 228 Å². The van der Waals surface area contributed by atoms with Crippen LogP contribution in [-0.4, -0.2) is 40.7 Å². The molecule has 1 saturated heterocycles. The fourth-order valence-electron chi connectivity index (χ4n) is 6.19. The van der Waals surface area contributed by atoms with Crippen LogP contribution >= 0.6 is 0 Å². The van der Waals surface area contributed by atoms with Crippen molar-refractivity contribution in [2.24, 2.45) is 5.92 Å². The van der Waals surface area contributed by atoms with Crippen LogP contribution in [0.3, 0.4) is 0 Å². The summed E-state index contributed by atoms with van der Waals surface area (Å²) in [6.07, 6.45) is 5.91. The molecule has 2 atom stereocenters. The van der Waals surface area contributed by atoms with Crippen LogP contribution in [0.25, 0.3) is 11.6 Å². The molecule has 2 aliphatic heterocycles. The number of likely N-dealkylation sites (tertiary alicyclic amines) is 1. The Bertz CT molecular complexity index is 1510. The second-order valence-corrected chi connectivity index (χ2v) is 11.2. The molecular weight excluding hydrogens is 488 g/mol. The molecule has 39 heavy (non-hydrogen) atoms. The van der Waals surface area contributed by atoms with Gasteiger partial charge in [-0.15, -0.1) is 0 Å². The molecule has 6 rings (SSSR count). The molecule has 200 valence electrons. The fraction of sp³-hybridized carbons (Fsp3) is 0.344. The zero-order chi connectivity index (χ0) is 27.3. The van der Waals surface area contributed by atoms with Gasteiger partial charge in [-0.1, -0.05) is 37.3 Å². The summed E-state index contributed by atoms with van der Waals surface area (Å²) in [4.78, 5) is 44.9. The number of benzene rings is 2. The Morgan fingerprint density at radius 2 is 1.77 bits per heavy atom. The highest BCUT2D eigenvalue weighted by atomic mass is 16.2. The molecule has 3 heterocycles. The van der Waals surface area contributed by atoms with E-state index in [1.165, 1.54) is 0 Å². The van der Waals surface area contributed by atoms with Gasteiger partial charge in [0.15, 0.2) is 0 Å². The highest BCUT2D eigenvalue weighted by molar-refractivity contribution is 6.35. The molecule has 7 heteroatoms. The molecule has 2 aromatic carbocycles. The van der Waals surface area contributed by atoms with E-state index in [0.29, 0.717) is 33.9 Å². The first-order valence-corrected chi connectivity index (χ1v) is 13.8. The van der Waals surface area contributed by atoms with Crippen molar-refractivity contribution >= 4 is 35.1 Å². The molecule has 1 aromatic heterocycles. The first-order chi connectivity index (χ1) is 18.8. The minimum Gasteiger partial charge on any atom is -0.358 e. The molecule has 1 aliphatic carbocycles. The third-order valence-corrected chi connectivity index (χ3v) is 8.62. The van der Waals surface area contributed by atoms with Crippen molar-refractivity contribution in [2.75, 3.05) is 18.4 Å². The summed E-state index contributed by atoms with van der Waals surface area (Å²) >= 11 is 0. The maximum absolute atomic E-state index is 13.4. The topological polar surface area (TPSA) is 94.3 Å². The molecule has 0 radical (unpaired) electrons. The number of fused-ring (bicyclic) bond motifs is 1. The van der Waals surface area contributed by atoms with Gasteiger partial charge in [-0.2, -0.15) is 0 Å². The highest BCUT2D eigenvalue weighted by Crippen LogP contribution is 2.51. The monoisotopic (exact) mass is 522 g/mol. The van der Waals surface area contributed by atoms with E-state index >= 15 is 0 Å². The van der Waals surface area contributed by atoms with E-state index in [1.54, 1.807) is 24.3 Å². The number of carbonyl (C=O) groups is 3. The minimum absolute atomic E-state index is 0.0440. The maximum atomic E-state index is 13.4. The third-order valence-electron chi connectivity index (χ3n) is 8.62. The summed E-state index contributed by atoms with van der Waals surface area (Å²) < 4.78 is 0. The standard InChI is InChI=1S/C32H34N4O3/c1-19-18-32(19,23-10-6-4-7-11-23)35-29(37)22-12-13-26-24(16-22)25(30(38)34-26)17-27-20(2)28(21(3)33-27)31(39)36-14-8-5-9-15-36/h4,6-7,10-13,16-17,19,33H,5,8-9,14-15,18H2,1-3H3,(H,34,38)(H,35,37)/b25-17-. The number of hydrogen-bond donors (Lipinski definition) is 3. The van der Waals surface area contributed by atoms with Crippen molar-refractivity contribution < 1.29 is 14.4 Å². The van der Waals surface area contributed by atoms with Crippen LogP contribution < -0.4 is 10.6 Å². The van der Waals surface area contributed by atoms with Crippen molar-refractivity contribution in [2.45, 2.75) is 52.0 Å². The van der Waals surface area contributed by atoms with Gasteiger partial charge >= 0.3 is 0 Å². The summed E-state index contributed by atoms with van der Waals surface area (Å²) in [6, 6.07) is 15.4. The SMILES string of the molecule is Cc1[nH]c(/C=C2\C(=O)Nc3ccc(C(=O)NC4(c5ccccc5)CC4C)cc32)c(C)c1C(=O)N1CCCCC1. The number of hydrogen-bond acceptors (Lipinski definition) is 3. The van der Waals surface area contributed by atoms with Crippen molar-refractivity contribution in [3.63, 3.8) is 0 Å². The Kier molecular flexibility index (Phi) is 6.17. The lowest BCUT2D eigenvalue weighted by molar-refractivity contribution is -0.110. The van der Waals surface area contributed by atoms with Crippen LogP contribution in [0, 0.1) is 19.8 Å². The zero-order valence-electron chi connectivity index (χ0n) is 22.7. The van der Waals surface area contributed by atoms with Crippen molar-refractivity contribution in [1.29, 1.82) is 0 Å². The van der Waals surface area contributed by atoms with Gasteiger partial charge in [0, 0.05) is 41.3 Å². The van der Waals surface area contributed by atoms with Gasteiger partial charge < -0.3 is 20.5 Å². The van der Waals surface area contributed by atoms with E-state index in [9.17, 15) is 14.4 Å². The van der Waals surface area contributed by atoms with Gasteiger partial charge in [-0.3, -0.25) is 14.4 Å². The van der Waals surface area contributed by atoms with E-state index in [0.717, 1.165) is 61.3 Å². The molecular formula is C32H34N4O3. The number of amides is 3. The summed E-state index contributed by atoms with van der Waals surface area (Å²) in [7, 11) is 0. The number of anilines is 1. The van der Waals surface area contributed by atoms with E-state index in [4.69, 9.17) is 0 Å². The van der Waals surface area contributed by atoms with E-state index in [1.807, 2.05) is 36.9 Å². The largest absolute Gasteiger partial charge is 0.358 e. The molecule has 3 aromatic rings. The summed E-state index contributed by atoms with van der Waals surface area (Å²) in [5.41, 5.74) is 6.12. The first kappa shape index (κ1) is 25.2. The quantitative estimate of drug-likeness (QED) is 0.391. The average Bonchev–Trinajstić information content (AvgIpc) is 3.36. The number of aromatic nitrogens is 1. The van der Waals surface area contributed by atoms with Crippen LogP contribution in [0.15, 0.2) is 48.5 Å². The predicted octanol–water partition coefficient (Wildman–Crippen LogP) is 5.42. The van der Waals surface area contributed by atoms with E-state index < -0.39 is 0 Å². The highest BCUT2D eigenvalue weighted by Gasteiger charge is 2.53. The zero-order valence-corrected chi connectivity index (χ0v) is 22.7. The summed E-state index contributed by atoms with van der Waals surface area (Å²) in [6.45, 7) is 7.53. The Hall–Kier alpha value is -4.13. The van der Waals surface area contributed by atoms with Crippen molar-refractivity contribution in [3.05, 3.63) is 87.7 Å². The lowest BCUT2D eigenvalue weighted by atomic mass is 9.99. The Balaban J connectivity index is 1.29. The smallest absolute Gasteiger partial charge is 0.256 e. The summed E-state index contributed by atoms with van der Waals surface area (Å²) in [5, 5.41) is 6.18. The predicted molar refractivity (Wildman–Crippen MR) is 152 cm³/mol. The third kappa shape index (κ3) is 4.36. The van der Waals surface area contributed by atoms with Gasteiger partial charge in [-0.25, -0.2) is 0 Å². The number of rotatable bonds is 5. The number of H-pyrrole nitrogens is 1. The molecule has 1 saturated carbocycles. The van der Waals surface area contributed by atoms with Gasteiger partial charge in [0.25, 0.3) is 17.7 Å². The molecule has 7 nitrogen and oxygen atoms in total. The fourth-order valence-corrected chi connectivity index (χ4v) is 6.19. The van der Waals surface area contributed by atoms with Crippen LogP contribution in [-0.2, 0) is 10.3 Å². The molecule has 0 spiro atoms. The number of aromatic amines is 1. The van der Waals surface area contributed by atoms with Crippen LogP contribution in [0.4, 0.5) is 5.69 Å². The molecule has 2 fully saturated rings. The van der Waals surface area contributed by atoms with Crippen LogP contribution in [0.1, 0.15) is 81.4 Å². The van der Waals surface area contributed by atoms with Crippen molar-refractivity contribution in [3.8, 4) is 0 Å². The van der Waals surface area contributed by atoms with Gasteiger partial charge in [0.2, 0.25) is 0 Å². The normalized spacial score (nSPS) is 22.9. The number of carbonyl (C=O) groups excluding carboxylic acids is 3.